The van der Waals surface area contributed by atoms with E-state index in [1.165, 1.54) is 18.2 Å². The van der Waals surface area contributed by atoms with E-state index < -0.39 is 10.8 Å². The summed E-state index contributed by atoms with van der Waals surface area (Å²) in [6, 6.07) is 12.1. The Bertz CT molecular complexity index is 985. The molecule has 3 rings (SSSR count). The number of ether oxygens (including phenoxy) is 1. The molecule has 1 amide bonds. The summed E-state index contributed by atoms with van der Waals surface area (Å²) >= 11 is 5.83. The van der Waals surface area contributed by atoms with Gasteiger partial charge in [-0.15, -0.1) is 0 Å². The molecule has 0 fully saturated rings. The van der Waals surface area contributed by atoms with E-state index in [0.29, 0.717) is 17.3 Å². The van der Waals surface area contributed by atoms with Crippen molar-refractivity contribution in [1.29, 1.82) is 0 Å². The van der Waals surface area contributed by atoms with Crippen LogP contribution in [0.25, 0.3) is 0 Å². The van der Waals surface area contributed by atoms with Crippen LogP contribution < -0.4 is 10.1 Å². The average molecular weight is 387 g/mol. The average Bonchev–Trinajstić information content (AvgIpc) is 3.13. The lowest BCUT2D eigenvalue weighted by atomic mass is 10.2. The number of carbonyl (C=O) groups excluding carboxylic acids is 1. The quantitative estimate of drug-likeness (QED) is 0.496. The fourth-order valence-electron chi connectivity index (χ4n) is 2.31. The minimum Gasteiger partial charge on any atom is -0.457 e. The number of rotatable bonds is 6. The van der Waals surface area contributed by atoms with Crippen molar-refractivity contribution in [2.45, 2.75) is 13.5 Å². The normalized spacial score (nSPS) is 10.4. The van der Waals surface area contributed by atoms with Gasteiger partial charge in [-0.1, -0.05) is 11.6 Å². The van der Waals surface area contributed by atoms with Gasteiger partial charge < -0.3 is 10.1 Å². The summed E-state index contributed by atoms with van der Waals surface area (Å²) < 4.78 is 7.25. The van der Waals surface area contributed by atoms with Gasteiger partial charge in [0.2, 0.25) is 0 Å². The molecule has 2 aromatic carbocycles. The highest BCUT2D eigenvalue weighted by Gasteiger charge is 2.15. The second-order valence-corrected chi connectivity index (χ2v) is 5.98. The number of amides is 1. The van der Waals surface area contributed by atoms with E-state index in [2.05, 4.69) is 10.4 Å². The first-order valence-corrected chi connectivity index (χ1v) is 8.40. The Kier molecular flexibility index (Phi) is 5.37. The molecule has 3 aromatic rings. The number of nitro groups is 1. The van der Waals surface area contributed by atoms with E-state index in [-0.39, 0.29) is 22.8 Å². The SMILES string of the molecule is CCn1ccc(C(=O)Nc2cc(Oc3ccc(Cl)cc3)cc([N+](=O)[O-])c2)n1. The van der Waals surface area contributed by atoms with Gasteiger partial charge in [-0.25, -0.2) is 0 Å². The number of anilines is 1. The van der Waals surface area contributed by atoms with Crippen molar-refractivity contribution in [2.75, 3.05) is 5.32 Å². The Labute approximate surface area is 159 Å². The standard InChI is InChI=1S/C18H15ClN4O4/c1-2-22-8-7-17(21-22)18(24)20-13-9-14(23(25)26)11-16(10-13)27-15-5-3-12(19)4-6-15/h3-11H,2H2,1H3,(H,20,24). The molecular formula is C18H15ClN4O4. The molecular weight excluding hydrogens is 372 g/mol. The first kappa shape index (κ1) is 18.4. The molecule has 0 atom stereocenters. The van der Waals surface area contributed by atoms with E-state index in [4.69, 9.17) is 16.3 Å². The number of benzene rings is 2. The van der Waals surface area contributed by atoms with Crippen LogP contribution >= 0.6 is 11.6 Å². The molecule has 1 aromatic heterocycles. The fraction of sp³-hybridized carbons (Fsp3) is 0.111. The van der Waals surface area contributed by atoms with Gasteiger partial charge in [0, 0.05) is 29.9 Å². The predicted molar refractivity (Wildman–Crippen MR) is 100 cm³/mol. The minimum atomic E-state index is -0.559. The number of non-ortho nitro benzene ring substituents is 1. The molecule has 138 valence electrons. The van der Waals surface area contributed by atoms with Crippen LogP contribution in [0.5, 0.6) is 11.5 Å². The number of halogens is 1. The second kappa shape index (κ2) is 7.88. The predicted octanol–water partition coefficient (Wildman–Crippen LogP) is 4.51. The molecule has 0 aliphatic carbocycles. The zero-order valence-corrected chi connectivity index (χ0v) is 15.0. The molecule has 0 saturated carbocycles. The Balaban J connectivity index is 1.85. The number of aromatic nitrogens is 2. The summed E-state index contributed by atoms with van der Waals surface area (Å²) in [7, 11) is 0. The monoisotopic (exact) mass is 386 g/mol. The van der Waals surface area contributed by atoms with Crippen LogP contribution in [0.15, 0.2) is 54.7 Å². The van der Waals surface area contributed by atoms with Crippen LogP contribution in [0, 0.1) is 10.1 Å². The Morgan fingerprint density at radius 3 is 2.59 bits per heavy atom. The smallest absolute Gasteiger partial charge is 0.276 e. The number of carbonyl (C=O) groups is 1. The van der Waals surface area contributed by atoms with Crippen LogP contribution in [0.1, 0.15) is 17.4 Å². The molecule has 27 heavy (non-hydrogen) atoms. The van der Waals surface area contributed by atoms with Crippen LogP contribution in [0.3, 0.4) is 0 Å². The van der Waals surface area contributed by atoms with Crippen molar-refractivity contribution >= 4 is 28.9 Å². The largest absolute Gasteiger partial charge is 0.457 e. The zero-order chi connectivity index (χ0) is 19.4. The van der Waals surface area contributed by atoms with Gasteiger partial charge in [-0.3, -0.25) is 19.6 Å². The molecule has 0 radical (unpaired) electrons. The summed E-state index contributed by atoms with van der Waals surface area (Å²) in [6.07, 6.45) is 1.68. The van der Waals surface area contributed by atoms with Gasteiger partial charge >= 0.3 is 0 Å². The third-order valence-corrected chi connectivity index (χ3v) is 3.86. The summed E-state index contributed by atoms with van der Waals surface area (Å²) in [4.78, 5) is 23.0. The van der Waals surface area contributed by atoms with Crippen molar-refractivity contribution in [2.24, 2.45) is 0 Å². The van der Waals surface area contributed by atoms with Gasteiger partial charge in [0.25, 0.3) is 11.6 Å². The molecule has 0 bridgehead atoms. The second-order valence-electron chi connectivity index (χ2n) is 5.54. The Morgan fingerprint density at radius 1 is 1.22 bits per heavy atom. The third kappa shape index (κ3) is 4.62. The summed E-state index contributed by atoms with van der Waals surface area (Å²) in [5, 5.41) is 18.5. The summed E-state index contributed by atoms with van der Waals surface area (Å²) in [5.41, 5.74) is 0.226. The highest BCUT2D eigenvalue weighted by molar-refractivity contribution is 6.30. The number of hydrogen-bond acceptors (Lipinski definition) is 5. The highest BCUT2D eigenvalue weighted by Crippen LogP contribution is 2.30. The van der Waals surface area contributed by atoms with Gasteiger partial charge in [0.15, 0.2) is 5.69 Å². The minimum absolute atomic E-state index is 0.209. The summed E-state index contributed by atoms with van der Waals surface area (Å²) in [5.74, 6) is 0.194. The maximum atomic E-state index is 12.3. The molecule has 0 aliphatic rings. The van der Waals surface area contributed by atoms with Crippen molar-refractivity contribution in [3.8, 4) is 11.5 Å². The van der Waals surface area contributed by atoms with Gasteiger partial charge in [0.1, 0.15) is 11.5 Å². The van der Waals surface area contributed by atoms with E-state index in [1.54, 1.807) is 41.2 Å². The molecule has 0 unspecified atom stereocenters. The summed E-state index contributed by atoms with van der Waals surface area (Å²) in [6.45, 7) is 2.53. The zero-order valence-electron chi connectivity index (χ0n) is 14.3. The van der Waals surface area contributed by atoms with E-state index in [9.17, 15) is 14.9 Å². The van der Waals surface area contributed by atoms with Crippen molar-refractivity contribution in [3.63, 3.8) is 0 Å². The van der Waals surface area contributed by atoms with E-state index in [1.807, 2.05) is 6.92 Å². The Morgan fingerprint density at radius 2 is 1.96 bits per heavy atom. The molecule has 0 aliphatic heterocycles. The van der Waals surface area contributed by atoms with E-state index in [0.717, 1.165) is 0 Å². The lowest BCUT2D eigenvalue weighted by Gasteiger charge is -2.09. The molecule has 1 N–H and O–H groups in total. The van der Waals surface area contributed by atoms with Crippen molar-refractivity contribution in [1.82, 2.24) is 9.78 Å². The van der Waals surface area contributed by atoms with Crippen molar-refractivity contribution in [3.05, 3.63) is 75.6 Å². The fourth-order valence-corrected chi connectivity index (χ4v) is 2.44. The number of aryl methyl sites for hydroxylation is 1. The maximum Gasteiger partial charge on any atom is 0.276 e. The lowest BCUT2D eigenvalue weighted by Crippen LogP contribution is -2.13. The first-order valence-electron chi connectivity index (χ1n) is 8.02. The topological polar surface area (TPSA) is 99.3 Å². The third-order valence-electron chi connectivity index (χ3n) is 3.61. The molecule has 0 saturated heterocycles. The molecule has 8 nitrogen and oxygen atoms in total. The van der Waals surface area contributed by atoms with Crippen molar-refractivity contribution < 1.29 is 14.5 Å². The van der Waals surface area contributed by atoms with Gasteiger partial charge in [0.05, 0.1) is 16.7 Å². The van der Waals surface area contributed by atoms with Crippen LogP contribution in [-0.2, 0) is 6.54 Å². The maximum absolute atomic E-state index is 12.3. The number of nitrogens with zero attached hydrogens (tertiary/aromatic N) is 3. The van der Waals surface area contributed by atoms with Crippen LogP contribution in [0.2, 0.25) is 5.02 Å². The molecule has 9 heteroatoms. The number of hydrogen-bond donors (Lipinski definition) is 1. The van der Waals surface area contributed by atoms with E-state index >= 15 is 0 Å². The highest BCUT2D eigenvalue weighted by atomic mass is 35.5. The Hall–Kier alpha value is -3.39. The number of nitro benzene ring substituents is 1. The molecule has 0 spiro atoms. The van der Waals surface area contributed by atoms with Crippen LogP contribution in [0.4, 0.5) is 11.4 Å². The number of nitrogens with one attached hydrogen (secondary N) is 1. The first-order chi connectivity index (χ1) is 12.9. The van der Waals surface area contributed by atoms with Gasteiger partial charge in [-0.2, -0.15) is 5.10 Å². The van der Waals surface area contributed by atoms with Crippen LogP contribution in [-0.4, -0.2) is 20.6 Å². The van der Waals surface area contributed by atoms with Gasteiger partial charge in [-0.05, 0) is 37.3 Å². The lowest BCUT2D eigenvalue weighted by molar-refractivity contribution is -0.384. The molecule has 1 heterocycles.